The van der Waals surface area contributed by atoms with E-state index in [4.69, 9.17) is 11.5 Å². The monoisotopic (exact) mass is 190 g/mol. The molecule has 0 radical (unpaired) electrons. The third kappa shape index (κ3) is 2.10. The Hall–Kier alpha value is -1.84. The Kier molecular flexibility index (Phi) is 3.23. The van der Waals surface area contributed by atoms with Crippen LogP contribution in [0.5, 0.6) is 0 Å². The minimum atomic E-state index is 0.581. The molecule has 1 aromatic rings. The van der Waals surface area contributed by atoms with Gasteiger partial charge in [-0.3, -0.25) is 9.98 Å². The first-order chi connectivity index (χ1) is 6.69. The first-order valence-electron chi connectivity index (χ1n) is 4.35. The first kappa shape index (κ1) is 10.2. The lowest BCUT2D eigenvalue weighted by molar-refractivity contribution is 1.48. The molecule has 14 heavy (non-hydrogen) atoms. The van der Waals surface area contributed by atoms with E-state index in [1.54, 1.807) is 24.6 Å². The maximum Gasteiger partial charge on any atom is 0.0876 e. The first-order valence-corrected chi connectivity index (χ1v) is 4.35. The quantitative estimate of drug-likeness (QED) is 0.554. The van der Waals surface area contributed by atoms with Gasteiger partial charge in [-0.25, -0.2) is 0 Å². The van der Waals surface area contributed by atoms with Crippen molar-refractivity contribution in [3.8, 4) is 0 Å². The van der Waals surface area contributed by atoms with Gasteiger partial charge in [0.05, 0.1) is 22.7 Å². The van der Waals surface area contributed by atoms with E-state index in [-0.39, 0.29) is 0 Å². The zero-order chi connectivity index (χ0) is 10.6. The third-order valence-electron chi connectivity index (χ3n) is 1.71. The van der Waals surface area contributed by atoms with E-state index in [1.165, 1.54) is 0 Å². The van der Waals surface area contributed by atoms with Gasteiger partial charge in [-0.1, -0.05) is 0 Å². The minimum Gasteiger partial charge on any atom is -0.397 e. The molecule has 0 fully saturated rings. The molecule has 1 aromatic carbocycles. The predicted octanol–water partition coefficient (Wildman–Crippen LogP) is 2.30. The van der Waals surface area contributed by atoms with Crippen molar-refractivity contribution >= 4 is 35.2 Å². The standard InChI is InChI=1S/C10H14N4/c1-3-13-9-5-8(12)10(14-4-2)6-7(9)11/h3-6H,11-12H2,1-2H3. The highest BCUT2D eigenvalue weighted by molar-refractivity contribution is 5.81. The maximum atomic E-state index is 5.76. The summed E-state index contributed by atoms with van der Waals surface area (Å²) in [5.41, 5.74) is 14.1. The highest BCUT2D eigenvalue weighted by atomic mass is 14.8. The van der Waals surface area contributed by atoms with E-state index in [0.29, 0.717) is 22.7 Å². The van der Waals surface area contributed by atoms with Crippen molar-refractivity contribution in [3.05, 3.63) is 12.1 Å². The lowest BCUT2D eigenvalue weighted by atomic mass is 10.2. The van der Waals surface area contributed by atoms with Crippen LogP contribution in [0.4, 0.5) is 22.7 Å². The summed E-state index contributed by atoms with van der Waals surface area (Å²) < 4.78 is 0. The number of anilines is 2. The van der Waals surface area contributed by atoms with Crippen molar-refractivity contribution in [2.24, 2.45) is 9.98 Å². The van der Waals surface area contributed by atoms with Crippen molar-refractivity contribution in [1.29, 1.82) is 0 Å². The molecule has 0 aliphatic rings. The summed E-state index contributed by atoms with van der Waals surface area (Å²) in [6.07, 6.45) is 3.35. The van der Waals surface area contributed by atoms with E-state index in [1.807, 2.05) is 13.8 Å². The fourth-order valence-corrected chi connectivity index (χ4v) is 1.11. The van der Waals surface area contributed by atoms with Crippen molar-refractivity contribution in [1.82, 2.24) is 0 Å². The molecule has 4 nitrogen and oxygen atoms in total. The molecule has 0 saturated heterocycles. The number of nitrogen functional groups attached to an aromatic ring is 2. The van der Waals surface area contributed by atoms with Crippen LogP contribution in [-0.2, 0) is 0 Å². The molecular formula is C10H14N4. The van der Waals surface area contributed by atoms with Crippen LogP contribution in [0.15, 0.2) is 22.1 Å². The van der Waals surface area contributed by atoms with Gasteiger partial charge in [-0.15, -0.1) is 0 Å². The summed E-state index contributed by atoms with van der Waals surface area (Å²) >= 11 is 0. The van der Waals surface area contributed by atoms with Gasteiger partial charge >= 0.3 is 0 Å². The van der Waals surface area contributed by atoms with E-state index in [2.05, 4.69) is 9.98 Å². The molecule has 0 amide bonds. The van der Waals surface area contributed by atoms with Crippen LogP contribution in [0.25, 0.3) is 0 Å². The molecular weight excluding hydrogens is 176 g/mol. The molecule has 0 aliphatic heterocycles. The Morgan fingerprint density at radius 2 is 1.29 bits per heavy atom. The number of hydrogen-bond acceptors (Lipinski definition) is 4. The molecule has 4 N–H and O–H groups in total. The van der Waals surface area contributed by atoms with Crippen molar-refractivity contribution in [3.63, 3.8) is 0 Å². The van der Waals surface area contributed by atoms with Crippen molar-refractivity contribution < 1.29 is 0 Å². The number of aliphatic imine (C=N–C) groups is 2. The van der Waals surface area contributed by atoms with Crippen LogP contribution < -0.4 is 11.5 Å². The summed E-state index contributed by atoms with van der Waals surface area (Å²) in [5, 5.41) is 0. The van der Waals surface area contributed by atoms with Crippen LogP contribution in [0.2, 0.25) is 0 Å². The maximum absolute atomic E-state index is 5.76. The van der Waals surface area contributed by atoms with Crippen LogP contribution in [0.3, 0.4) is 0 Å². The zero-order valence-electron chi connectivity index (χ0n) is 8.36. The molecule has 0 unspecified atom stereocenters. The number of nitrogens with zero attached hydrogens (tertiary/aromatic N) is 2. The Bertz CT molecular complexity index is 342. The summed E-state index contributed by atoms with van der Waals surface area (Å²) in [6.45, 7) is 3.65. The Balaban J connectivity index is 3.23. The Morgan fingerprint density at radius 3 is 1.57 bits per heavy atom. The van der Waals surface area contributed by atoms with E-state index in [9.17, 15) is 0 Å². The molecule has 4 heteroatoms. The third-order valence-corrected chi connectivity index (χ3v) is 1.71. The lowest BCUT2D eigenvalue weighted by Gasteiger charge is -2.04. The number of rotatable bonds is 2. The fourth-order valence-electron chi connectivity index (χ4n) is 1.11. The van der Waals surface area contributed by atoms with Crippen LogP contribution in [0.1, 0.15) is 13.8 Å². The number of benzene rings is 1. The summed E-state index contributed by atoms with van der Waals surface area (Å²) in [4.78, 5) is 8.17. The second-order valence-electron chi connectivity index (χ2n) is 2.74. The van der Waals surface area contributed by atoms with Gasteiger partial charge in [-0.05, 0) is 26.0 Å². The summed E-state index contributed by atoms with van der Waals surface area (Å²) in [7, 11) is 0. The number of nitrogens with two attached hydrogens (primary N) is 2. The van der Waals surface area contributed by atoms with E-state index >= 15 is 0 Å². The van der Waals surface area contributed by atoms with Gasteiger partial charge < -0.3 is 11.5 Å². The van der Waals surface area contributed by atoms with E-state index in [0.717, 1.165) is 0 Å². The topological polar surface area (TPSA) is 76.8 Å². The normalized spacial score (nSPS) is 11.6. The van der Waals surface area contributed by atoms with Gasteiger partial charge in [0.25, 0.3) is 0 Å². The van der Waals surface area contributed by atoms with Crippen LogP contribution >= 0.6 is 0 Å². The molecule has 0 spiro atoms. The van der Waals surface area contributed by atoms with Crippen LogP contribution in [-0.4, -0.2) is 12.4 Å². The fraction of sp³-hybridized carbons (Fsp3) is 0.200. The molecule has 0 atom stereocenters. The second-order valence-corrected chi connectivity index (χ2v) is 2.74. The SMILES string of the molecule is CC=Nc1cc(N)c(N=CC)cc1N. The van der Waals surface area contributed by atoms with Gasteiger partial charge in [0.15, 0.2) is 0 Å². The molecule has 74 valence electrons. The highest BCUT2D eigenvalue weighted by Gasteiger charge is 2.02. The van der Waals surface area contributed by atoms with Crippen molar-refractivity contribution in [2.75, 3.05) is 11.5 Å². The smallest absolute Gasteiger partial charge is 0.0876 e. The summed E-state index contributed by atoms with van der Waals surface area (Å²) in [5.74, 6) is 0. The highest BCUT2D eigenvalue weighted by Crippen LogP contribution is 2.32. The molecule has 0 aromatic heterocycles. The molecule has 0 saturated carbocycles. The average molecular weight is 190 g/mol. The molecule has 0 aliphatic carbocycles. The molecule has 0 heterocycles. The number of hydrogen-bond donors (Lipinski definition) is 2. The average Bonchev–Trinajstić information content (AvgIpc) is 2.14. The van der Waals surface area contributed by atoms with Crippen LogP contribution in [0, 0.1) is 0 Å². The Morgan fingerprint density at radius 1 is 0.929 bits per heavy atom. The molecule has 0 bridgehead atoms. The van der Waals surface area contributed by atoms with Gasteiger partial charge in [0, 0.05) is 12.4 Å². The molecule has 1 rings (SSSR count). The second kappa shape index (κ2) is 4.41. The van der Waals surface area contributed by atoms with E-state index < -0.39 is 0 Å². The van der Waals surface area contributed by atoms with Crippen molar-refractivity contribution in [2.45, 2.75) is 13.8 Å². The van der Waals surface area contributed by atoms with Gasteiger partial charge in [0.1, 0.15) is 0 Å². The Labute approximate surface area is 83.4 Å². The lowest BCUT2D eigenvalue weighted by Crippen LogP contribution is -1.90. The largest absolute Gasteiger partial charge is 0.397 e. The van der Waals surface area contributed by atoms with Gasteiger partial charge in [0.2, 0.25) is 0 Å². The zero-order valence-corrected chi connectivity index (χ0v) is 8.36. The predicted molar refractivity (Wildman–Crippen MR) is 62.9 cm³/mol. The minimum absolute atomic E-state index is 0.581. The van der Waals surface area contributed by atoms with Gasteiger partial charge in [-0.2, -0.15) is 0 Å². The summed E-state index contributed by atoms with van der Waals surface area (Å²) in [6, 6.07) is 3.44.